The Morgan fingerprint density at radius 1 is 1.19 bits per heavy atom. The summed E-state index contributed by atoms with van der Waals surface area (Å²) in [6, 6.07) is 11.7. The van der Waals surface area contributed by atoms with E-state index in [1.807, 2.05) is 13.0 Å². The Balaban J connectivity index is 1.88. The van der Waals surface area contributed by atoms with Crippen molar-refractivity contribution in [3.63, 3.8) is 0 Å². The summed E-state index contributed by atoms with van der Waals surface area (Å²) in [4.78, 5) is 14.3. The number of anilines is 1. The Hall–Kier alpha value is -2.54. The van der Waals surface area contributed by atoms with Crippen molar-refractivity contribution >= 4 is 21.4 Å². The third kappa shape index (κ3) is 5.23. The molecule has 0 fully saturated rings. The van der Waals surface area contributed by atoms with Gasteiger partial charge in [-0.25, -0.2) is 8.42 Å². The minimum atomic E-state index is -3.26. The van der Waals surface area contributed by atoms with Gasteiger partial charge in [-0.15, -0.1) is 0 Å². The summed E-state index contributed by atoms with van der Waals surface area (Å²) < 4.78 is 28.7. The van der Waals surface area contributed by atoms with E-state index >= 15 is 0 Å². The van der Waals surface area contributed by atoms with Gasteiger partial charge in [-0.3, -0.25) is 4.79 Å². The molecular formula is C19H24N2O4S. The highest BCUT2D eigenvalue weighted by atomic mass is 32.2. The first kappa shape index (κ1) is 19.8. The van der Waals surface area contributed by atoms with Gasteiger partial charge < -0.3 is 15.4 Å². The highest BCUT2D eigenvalue weighted by molar-refractivity contribution is 7.90. The summed E-state index contributed by atoms with van der Waals surface area (Å²) in [5.74, 6) is 0.405. The summed E-state index contributed by atoms with van der Waals surface area (Å²) in [5.41, 5.74) is 7.79. The quantitative estimate of drug-likeness (QED) is 0.592. The predicted molar refractivity (Wildman–Crippen MR) is 102 cm³/mol. The fraction of sp³-hybridized carbons (Fsp3) is 0.316. The zero-order chi connectivity index (χ0) is 19.3. The molecule has 1 amide bonds. The lowest BCUT2D eigenvalue weighted by Crippen LogP contribution is -2.29. The van der Waals surface area contributed by atoms with Crippen LogP contribution in [0.4, 0.5) is 5.69 Å². The normalized spacial score (nSPS) is 11.2. The fourth-order valence-corrected chi connectivity index (χ4v) is 3.12. The monoisotopic (exact) mass is 376 g/mol. The number of nitrogens with two attached hydrogens (primary N) is 1. The van der Waals surface area contributed by atoms with Gasteiger partial charge in [0.05, 0.1) is 11.5 Å². The molecule has 0 bridgehead atoms. The van der Waals surface area contributed by atoms with Crippen LogP contribution in [-0.2, 0) is 9.84 Å². The predicted octanol–water partition coefficient (Wildman–Crippen LogP) is 2.52. The first-order valence-electron chi connectivity index (χ1n) is 8.23. The summed E-state index contributed by atoms with van der Waals surface area (Å²) in [6.45, 7) is 2.76. The molecule has 0 aliphatic heterocycles. The Kier molecular flexibility index (Phi) is 6.26. The fourth-order valence-electron chi connectivity index (χ4n) is 2.46. The van der Waals surface area contributed by atoms with Crippen LogP contribution in [0.15, 0.2) is 47.4 Å². The van der Waals surface area contributed by atoms with E-state index in [1.54, 1.807) is 36.2 Å². The van der Waals surface area contributed by atoms with Crippen LogP contribution in [0.3, 0.4) is 0 Å². The van der Waals surface area contributed by atoms with Crippen LogP contribution in [0.2, 0.25) is 0 Å². The molecule has 7 heteroatoms. The molecule has 0 radical (unpaired) electrons. The first-order chi connectivity index (χ1) is 12.2. The SMILES string of the molecule is Cc1ccc(N)cc1C(=O)N(C)CCCOc1cccc(S(C)(=O)=O)c1. The Morgan fingerprint density at radius 3 is 2.62 bits per heavy atom. The number of carbonyl (C=O) groups is 1. The second-order valence-corrected chi connectivity index (χ2v) is 8.27. The number of aryl methyl sites for hydroxylation is 1. The minimum Gasteiger partial charge on any atom is -0.493 e. The average Bonchev–Trinajstić information content (AvgIpc) is 2.59. The lowest BCUT2D eigenvalue weighted by molar-refractivity contribution is 0.0787. The number of ether oxygens (including phenoxy) is 1. The average molecular weight is 376 g/mol. The second-order valence-electron chi connectivity index (χ2n) is 6.25. The molecule has 140 valence electrons. The van der Waals surface area contributed by atoms with Crippen molar-refractivity contribution in [3.8, 4) is 5.75 Å². The molecule has 2 aromatic rings. The zero-order valence-electron chi connectivity index (χ0n) is 15.2. The van der Waals surface area contributed by atoms with E-state index in [0.29, 0.717) is 36.6 Å². The van der Waals surface area contributed by atoms with Gasteiger partial charge in [-0.1, -0.05) is 12.1 Å². The van der Waals surface area contributed by atoms with Crippen molar-refractivity contribution in [2.24, 2.45) is 0 Å². The molecule has 2 rings (SSSR count). The molecule has 2 N–H and O–H groups in total. The molecule has 26 heavy (non-hydrogen) atoms. The molecular weight excluding hydrogens is 352 g/mol. The van der Waals surface area contributed by atoms with E-state index in [-0.39, 0.29) is 10.8 Å². The summed E-state index contributed by atoms with van der Waals surface area (Å²) >= 11 is 0. The maximum Gasteiger partial charge on any atom is 0.253 e. The lowest BCUT2D eigenvalue weighted by atomic mass is 10.1. The molecule has 0 unspecified atom stereocenters. The summed E-state index contributed by atoms with van der Waals surface area (Å²) in [6.07, 6.45) is 1.78. The van der Waals surface area contributed by atoms with Gasteiger partial charge in [0.2, 0.25) is 0 Å². The molecule has 0 aromatic heterocycles. The second kappa shape index (κ2) is 8.23. The largest absolute Gasteiger partial charge is 0.493 e. The van der Waals surface area contributed by atoms with E-state index in [2.05, 4.69) is 0 Å². The van der Waals surface area contributed by atoms with E-state index in [9.17, 15) is 13.2 Å². The number of hydrogen-bond donors (Lipinski definition) is 1. The van der Waals surface area contributed by atoms with Crippen molar-refractivity contribution in [1.82, 2.24) is 4.90 Å². The topological polar surface area (TPSA) is 89.7 Å². The molecule has 0 atom stereocenters. The van der Waals surface area contributed by atoms with Crippen molar-refractivity contribution in [2.45, 2.75) is 18.2 Å². The Bertz CT molecular complexity index is 894. The smallest absolute Gasteiger partial charge is 0.253 e. The van der Waals surface area contributed by atoms with Crippen molar-refractivity contribution in [2.75, 3.05) is 32.2 Å². The third-order valence-electron chi connectivity index (χ3n) is 3.98. The number of hydrogen-bond acceptors (Lipinski definition) is 5. The molecule has 0 saturated heterocycles. The van der Waals surface area contributed by atoms with E-state index in [1.165, 1.54) is 12.1 Å². The van der Waals surface area contributed by atoms with Gasteiger partial charge >= 0.3 is 0 Å². The van der Waals surface area contributed by atoms with Crippen LogP contribution in [0.1, 0.15) is 22.3 Å². The lowest BCUT2D eigenvalue weighted by Gasteiger charge is -2.19. The number of carbonyl (C=O) groups excluding carboxylic acids is 1. The third-order valence-corrected chi connectivity index (χ3v) is 5.09. The highest BCUT2D eigenvalue weighted by Crippen LogP contribution is 2.18. The number of rotatable bonds is 7. The maximum absolute atomic E-state index is 12.5. The number of nitrogen functional groups attached to an aromatic ring is 1. The van der Waals surface area contributed by atoms with Crippen LogP contribution in [0.25, 0.3) is 0 Å². The molecule has 0 saturated carbocycles. The van der Waals surface area contributed by atoms with Gasteiger partial charge in [0, 0.05) is 31.1 Å². The minimum absolute atomic E-state index is 0.0890. The summed E-state index contributed by atoms with van der Waals surface area (Å²) in [5, 5.41) is 0. The van der Waals surface area contributed by atoms with Gasteiger partial charge in [0.25, 0.3) is 5.91 Å². The van der Waals surface area contributed by atoms with Crippen molar-refractivity contribution in [1.29, 1.82) is 0 Å². The van der Waals surface area contributed by atoms with Gasteiger partial charge in [-0.2, -0.15) is 0 Å². The Labute approximate surface area is 154 Å². The standard InChI is InChI=1S/C19H24N2O4S/c1-14-8-9-15(20)12-18(14)19(22)21(2)10-5-11-25-16-6-4-7-17(13-16)26(3,23)24/h4,6-9,12-13H,5,10-11,20H2,1-3H3. The van der Waals surface area contributed by atoms with Crippen LogP contribution < -0.4 is 10.5 Å². The zero-order valence-corrected chi connectivity index (χ0v) is 16.0. The van der Waals surface area contributed by atoms with E-state index in [4.69, 9.17) is 10.5 Å². The summed E-state index contributed by atoms with van der Waals surface area (Å²) in [7, 11) is -1.53. The maximum atomic E-state index is 12.5. The van der Waals surface area contributed by atoms with Crippen LogP contribution in [0, 0.1) is 6.92 Å². The number of amides is 1. The molecule has 0 aliphatic carbocycles. The molecule has 0 heterocycles. The molecule has 0 spiro atoms. The van der Waals surface area contributed by atoms with E-state index < -0.39 is 9.84 Å². The van der Waals surface area contributed by atoms with Gasteiger partial charge in [0.15, 0.2) is 9.84 Å². The van der Waals surface area contributed by atoms with Crippen molar-refractivity contribution < 1.29 is 17.9 Å². The Morgan fingerprint density at radius 2 is 1.92 bits per heavy atom. The number of nitrogens with zero attached hydrogens (tertiary/aromatic N) is 1. The van der Waals surface area contributed by atoms with E-state index in [0.717, 1.165) is 11.8 Å². The molecule has 0 aliphatic rings. The molecule has 6 nitrogen and oxygen atoms in total. The number of sulfone groups is 1. The highest BCUT2D eigenvalue weighted by Gasteiger charge is 2.14. The first-order valence-corrected chi connectivity index (χ1v) is 10.1. The van der Waals surface area contributed by atoms with Crippen LogP contribution in [0.5, 0.6) is 5.75 Å². The molecule has 2 aromatic carbocycles. The number of benzene rings is 2. The van der Waals surface area contributed by atoms with Crippen LogP contribution >= 0.6 is 0 Å². The van der Waals surface area contributed by atoms with Gasteiger partial charge in [0.1, 0.15) is 5.75 Å². The van der Waals surface area contributed by atoms with Gasteiger partial charge in [-0.05, 0) is 49.2 Å². The van der Waals surface area contributed by atoms with Crippen LogP contribution in [-0.4, -0.2) is 45.7 Å². The van der Waals surface area contributed by atoms with Crippen molar-refractivity contribution in [3.05, 3.63) is 53.6 Å².